The summed E-state index contributed by atoms with van der Waals surface area (Å²) in [5, 5.41) is 18.0. The number of hydrogen-bond acceptors (Lipinski definition) is 5. The van der Waals surface area contributed by atoms with Crippen molar-refractivity contribution in [2.24, 2.45) is 7.05 Å². The van der Waals surface area contributed by atoms with E-state index in [0.29, 0.717) is 0 Å². The van der Waals surface area contributed by atoms with E-state index in [1.165, 1.54) is 11.7 Å². The molecule has 0 atom stereocenters. The third-order valence-electron chi connectivity index (χ3n) is 5.39. The number of rotatable bonds is 7. The number of carbonyl (C=O) groups excluding carboxylic acids is 2. The van der Waals surface area contributed by atoms with Gasteiger partial charge in [0.2, 0.25) is 5.91 Å². The molecule has 0 radical (unpaired) electrons. The van der Waals surface area contributed by atoms with Gasteiger partial charge in [-0.15, -0.1) is 0 Å². The van der Waals surface area contributed by atoms with Crippen molar-refractivity contribution in [2.75, 3.05) is 18.5 Å². The summed E-state index contributed by atoms with van der Waals surface area (Å²) in [6, 6.07) is 16.1. The van der Waals surface area contributed by atoms with Crippen LogP contribution < -0.4 is 10.6 Å². The molecule has 3 N–H and O–H groups in total. The highest BCUT2D eigenvalue weighted by molar-refractivity contribution is 5.99. The van der Waals surface area contributed by atoms with Gasteiger partial charge in [-0.3, -0.25) is 9.48 Å². The Morgan fingerprint density at radius 1 is 1.06 bits per heavy atom. The highest BCUT2D eigenvalue weighted by atomic mass is 16.5. The summed E-state index contributed by atoms with van der Waals surface area (Å²) in [5.41, 5.74) is 4.41. The molecule has 0 aliphatic heterocycles. The Bertz CT molecular complexity index is 1140. The summed E-state index contributed by atoms with van der Waals surface area (Å²) in [6.07, 6.45) is 0.493. The first kappa shape index (κ1) is 21.1. The van der Waals surface area contributed by atoms with Gasteiger partial charge in [0.25, 0.3) is 0 Å². The molecule has 1 aromatic heterocycles. The van der Waals surface area contributed by atoms with Crippen LogP contribution in [0.25, 0.3) is 11.1 Å². The lowest BCUT2D eigenvalue weighted by atomic mass is 9.98. The third kappa shape index (κ3) is 4.18. The van der Waals surface area contributed by atoms with Crippen LogP contribution in [0, 0.1) is 0 Å². The Morgan fingerprint density at radius 2 is 1.69 bits per heavy atom. The number of aryl methyl sites for hydroxylation is 1. The maximum Gasteiger partial charge on any atom is 0.407 e. The largest absolute Gasteiger partial charge is 0.477 e. The van der Waals surface area contributed by atoms with E-state index in [4.69, 9.17) is 9.84 Å². The van der Waals surface area contributed by atoms with Crippen LogP contribution in [0.2, 0.25) is 0 Å². The molecule has 164 valence electrons. The lowest BCUT2D eigenvalue weighted by molar-refractivity contribution is -0.116. The second kappa shape index (κ2) is 8.93. The molecule has 32 heavy (non-hydrogen) atoms. The summed E-state index contributed by atoms with van der Waals surface area (Å²) < 4.78 is 6.69. The van der Waals surface area contributed by atoms with Crippen LogP contribution >= 0.6 is 0 Å². The zero-order chi connectivity index (χ0) is 22.7. The summed E-state index contributed by atoms with van der Waals surface area (Å²) in [5.74, 6) is -1.60. The van der Waals surface area contributed by atoms with E-state index in [9.17, 15) is 14.4 Å². The Kier molecular flexibility index (Phi) is 5.89. The number of aromatic carboxylic acids is 1. The quantitative estimate of drug-likeness (QED) is 0.525. The molecule has 9 heteroatoms. The number of hydrogen-bond donors (Lipinski definition) is 3. The van der Waals surface area contributed by atoms with Crippen LogP contribution in [0.3, 0.4) is 0 Å². The summed E-state index contributed by atoms with van der Waals surface area (Å²) >= 11 is 0. The fourth-order valence-corrected chi connectivity index (χ4v) is 3.86. The Balaban J connectivity index is 1.28. The molecule has 9 nitrogen and oxygen atoms in total. The molecule has 1 heterocycles. The number of nitrogens with zero attached hydrogens (tertiary/aromatic N) is 2. The van der Waals surface area contributed by atoms with Crippen molar-refractivity contribution in [1.29, 1.82) is 0 Å². The number of anilines is 1. The number of benzene rings is 2. The number of aromatic nitrogens is 2. The number of carbonyl (C=O) groups is 3. The summed E-state index contributed by atoms with van der Waals surface area (Å²) in [7, 11) is 1.52. The van der Waals surface area contributed by atoms with Crippen molar-refractivity contribution in [3.05, 3.63) is 71.4 Å². The molecule has 3 aromatic rings. The van der Waals surface area contributed by atoms with Gasteiger partial charge in [-0.2, -0.15) is 5.10 Å². The van der Waals surface area contributed by atoms with Crippen molar-refractivity contribution in [3.63, 3.8) is 0 Å². The molecule has 2 amide bonds. The number of carboxylic acids is 1. The molecule has 1 aliphatic carbocycles. The van der Waals surface area contributed by atoms with Crippen LogP contribution in [0.15, 0.2) is 54.7 Å². The number of alkyl carbamates (subject to hydrolysis) is 1. The maximum absolute atomic E-state index is 12.2. The lowest BCUT2D eigenvalue weighted by Crippen LogP contribution is -2.29. The Morgan fingerprint density at radius 3 is 2.31 bits per heavy atom. The number of carboxylic acid groups (broad SMARTS) is 1. The average molecular weight is 434 g/mol. The standard InChI is InChI=1S/C23H22N4O5/c1-27-21(18(12-25-27)22(29)30)26-20(28)10-11-24-23(31)32-13-19-16-8-4-2-6-14(16)15-7-3-5-9-17(15)19/h2-9,12,19H,10-11,13H2,1H3,(H,24,31)(H,26,28)(H,29,30). The first-order chi connectivity index (χ1) is 15.5. The Hall–Kier alpha value is -4.14. The van der Waals surface area contributed by atoms with Crippen molar-refractivity contribution in [3.8, 4) is 11.1 Å². The second-order valence-electron chi connectivity index (χ2n) is 7.39. The van der Waals surface area contributed by atoms with Gasteiger partial charge in [0, 0.05) is 25.9 Å². The third-order valence-corrected chi connectivity index (χ3v) is 5.39. The highest BCUT2D eigenvalue weighted by Crippen LogP contribution is 2.44. The van der Waals surface area contributed by atoms with E-state index in [1.807, 2.05) is 36.4 Å². The summed E-state index contributed by atoms with van der Waals surface area (Å²) in [4.78, 5) is 35.5. The minimum absolute atomic E-state index is 0.0444. The second-order valence-corrected chi connectivity index (χ2v) is 7.39. The van der Waals surface area contributed by atoms with Gasteiger partial charge >= 0.3 is 12.1 Å². The monoisotopic (exact) mass is 434 g/mol. The van der Waals surface area contributed by atoms with E-state index < -0.39 is 18.0 Å². The topological polar surface area (TPSA) is 123 Å². The Labute approximate surface area is 184 Å². The molecule has 0 fully saturated rings. The van der Waals surface area contributed by atoms with E-state index in [1.54, 1.807) is 0 Å². The highest BCUT2D eigenvalue weighted by Gasteiger charge is 2.29. The number of fused-ring (bicyclic) bond motifs is 3. The van der Waals surface area contributed by atoms with Gasteiger partial charge in [-0.1, -0.05) is 48.5 Å². The van der Waals surface area contributed by atoms with E-state index in [-0.39, 0.29) is 36.9 Å². The molecule has 0 spiro atoms. The van der Waals surface area contributed by atoms with E-state index in [2.05, 4.69) is 27.9 Å². The van der Waals surface area contributed by atoms with Gasteiger partial charge < -0.3 is 20.5 Å². The molecule has 0 unspecified atom stereocenters. The van der Waals surface area contributed by atoms with Crippen LogP contribution in [0.4, 0.5) is 10.6 Å². The molecule has 0 saturated carbocycles. The normalized spacial score (nSPS) is 12.0. The number of amides is 2. The zero-order valence-corrected chi connectivity index (χ0v) is 17.4. The van der Waals surface area contributed by atoms with Crippen molar-refractivity contribution < 1.29 is 24.2 Å². The molecular weight excluding hydrogens is 412 g/mol. The molecule has 0 bridgehead atoms. The summed E-state index contributed by atoms with van der Waals surface area (Å²) in [6.45, 7) is 0.228. The fraction of sp³-hybridized carbons (Fsp3) is 0.217. The van der Waals surface area contributed by atoms with Crippen molar-refractivity contribution in [1.82, 2.24) is 15.1 Å². The molecule has 4 rings (SSSR count). The predicted molar refractivity (Wildman–Crippen MR) is 116 cm³/mol. The number of nitrogens with one attached hydrogen (secondary N) is 2. The molecule has 0 saturated heterocycles. The zero-order valence-electron chi connectivity index (χ0n) is 17.4. The minimum atomic E-state index is -1.19. The van der Waals surface area contributed by atoms with Gasteiger partial charge in [-0.05, 0) is 22.3 Å². The molecular formula is C23H22N4O5. The average Bonchev–Trinajstić information content (AvgIpc) is 3.30. The molecule has 1 aliphatic rings. The van der Waals surface area contributed by atoms with Crippen LogP contribution in [0.5, 0.6) is 0 Å². The van der Waals surface area contributed by atoms with Gasteiger partial charge in [0.1, 0.15) is 18.0 Å². The van der Waals surface area contributed by atoms with Crippen LogP contribution in [-0.2, 0) is 16.6 Å². The SMILES string of the molecule is Cn1ncc(C(=O)O)c1NC(=O)CCNC(=O)OCC1c2ccccc2-c2ccccc21. The predicted octanol–water partition coefficient (Wildman–Crippen LogP) is 2.99. The van der Waals surface area contributed by atoms with E-state index in [0.717, 1.165) is 28.5 Å². The minimum Gasteiger partial charge on any atom is -0.477 e. The van der Waals surface area contributed by atoms with Gasteiger partial charge in [0.05, 0.1) is 6.20 Å². The van der Waals surface area contributed by atoms with Gasteiger partial charge in [0.15, 0.2) is 0 Å². The van der Waals surface area contributed by atoms with Crippen LogP contribution in [0.1, 0.15) is 33.8 Å². The number of ether oxygens (including phenoxy) is 1. The van der Waals surface area contributed by atoms with Crippen molar-refractivity contribution in [2.45, 2.75) is 12.3 Å². The fourth-order valence-electron chi connectivity index (χ4n) is 3.86. The van der Waals surface area contributed by atoms with E-state index >= 15 is 0 Å². The van der Waals surface area contributed by atoms with Crippen molar-refractivity contribution >= 4 is 23.8 Å². The van der Waals surface area contributed by atoms with Crippen LogP contribution in [-0.4, -0.2) is 46.0 Å². The van der Waals surface area contributed by atoms with Gasteiger partial charge in [-0.25, -0.2) is 9.59 Å². The first-order valence-electron chi connectivity index (χ1n) is 10.1. The maximum atomic E-state index is 12.2. The lowest BCUT2D eigenvalue weighted by Gasteiger charge is -2.14. The molecule has 2 aromatic carbocycles. The first-order valence-corrected chi connectivity index (χ1v) is 10.1. The smallest absolute Gasteiger partial charge is 0.407 e.